The van der Waals surface area contributed by atoms with Gasteiger partial charge >= 0.3 is 42.0 Å². The highest BCUT2D eigenvalue weighted by Crippen LogP contribution is 2.71. The minimum atomic E-state index is -1.98. The van der Waals surface area contributed by atoms with E-state index in [4.69, 9.17) is 47.4 Å². The molecule has 5 aliphatic rings. The van der Waals surface area contributed by atoms with Crippen LogP contribution in [-0.4, -0.2) is 137 Å². The summed E-state index contributed by atoms with van der Waals surface area (Å²) in [4.78, 5) is 102. The van der Waals surface area contributed by atoms with Crippen molar-refractivity contribution in [3.63, 3.8) is 0 Å². The maximum atomic E-state index is 13.9. The molecule has 15 atom stereocenters. The molecule has 64 heavy (non-hydrogen) atoms. The number of esters is 6. The fourth-order valence-corrected chi connectivity index (χ4v) is 11.7. The zero-order valence-corrected chi connectivity index (χ0v) is 38.5. The summed E-state index contributed by atoms with van der Waals surface area (Å²) in [5, 5.41) is 26.4. The summed E-state index contributed by atoms with van der Waals surface area (Å²) in [5.74, 6) is -7.89. The first-order valence-electron chi connectivity index (χ1n) is 21.7. The first-order valence-corrected chi connectivity index (χ1v) is 21.7. The average Bonchev–Trinajstić information content (AvgIpc) is 3.41. The van der Waals surface area contributed by atoms with Gasteiger partial charge in [-0.25, -0.2) is 4.79 Å². The molecule has 0 amide bonds. The van der Waals surface area contributed by atoms with Gasteiger partial charge in [0.2, 0.25) is 0 Å². The van der Waals surface area contributed by atoms with Crippen molar-refractivity contribution in [3.05, 3.63) is 0 Å². The molecule has 2 N–H and O–H groups in total. The molecule has 5 rings (SSSR count). The summed E-state index contributed by atoms with van der Waals surface area (Å²) >= 11 is 0. The Morgan fingerprint density at radius 3 is 1.84 bits per heavy atom. The lowest BCUT2D eigenvalue weighted by atomic mass is 9.40. The Hall–Kier alpha value is -4.40. The summed E-state index contributed by atoms with van der Waals surface area (Å²) in [7, 11) is 0. The predicted molar refractivity (Wildman–Crippen MR) is 214 cm³/mol. The molecule has 20 nitrogen and oxygen atoms in total. The van der Waals surface area contributed by atoms with Crippen LogP contribution in [0.5, 0.6) is 0 Å². The lowest BCUT2D eigenvalue weighted by Crippen LogP contribution is -2.77. The van der Waals surface area contributed by atoms with Crippen LogP contribution in [0.2, 0.25) is 0 Å². The molecule has 0 aromatic heterocycles. The first kappa shape index (κ1) is 50.6. The number of ether oxygens (including phenoxy) is 10. The predicted octanol–water partition coefficient (Wildman–Crippen LogP) is 2.95. The average molecular weight is 913 g/mol. The Kier molecular flexibility index (Phi) is 14.9. The molecule has 5 fully saturated rings. The summed E-state index contributed by atoms with van der Waals surface area (Å²) in [6.45, 7) is 13.8. The van der Waals surface area contributed by atoms with Crippen molar-refractivity contribution in [1.82, 2.24) is 0 Å². The second-order valence-corrected chi connectivity index (χ2v) is 19.3. The van der Waals surface area contributed by atoms with Crippen LogP contribution in [0.25, 0.3) is 0 Å². The third-order valence-electron chi connectivity index (χ3n) is 13.8. The maximum absolute atomic E-state index is 13.9. The normalized spacial score (nSPS) is 39.0. The number of ketones is 1. The molecule has 4 saturated carbocycles. The van der Waals surface area contributed by atoms with Gasteiger partial charge in [-0.3, -0.25) is 33.6 Å². The standard InChI is InChI=1S/C44H64O20/c1-21-35(60-25(5)48)36(61-26(6)49)37(62-27(7)50)38(57-21)63-28-16-33(59-24(4)47)43(20-56-22(2)45)34-30(12-14-42(43,53)17-28)44(54)15-13-29(41(44,11)18-32(34)58-23(3)46)31(51)19-55-39(52)64-40(8,9)10/h21,28-30,32-38,53-54H,12-20H2,1-11H3/t21-,28-,29+,30+,32+,33+,34+,35-,36+,37+,38-,41+,42-,43+,44-/m0/s1. The van der Waals surface area contributed by atoms with Crippen LogP contribution in [0.15, 0.2) is 0 Å². The van der Waals surface area contributed by atoms with Crippen molar-refractivity contribution in [1.29, 1.82) is 0 Å². The molecule has 1 saturated heterocycles. The van der Waals surface area contributed by atoms with E-state index in [1.807, 2.05) is 0 Å². The molecule has 20 heteroatoms. The summed E-state index contributed by atoms with van der Waals surface area (Å²) < 4.78 is 57.6. The van der Waals surface area contributed by atoms with E-state index in [2.05, 4.69) is 0 Å². The second kappa shape index (κ2) is 18.8. The van der Waals surface area contributed by atoms with Gasteiger partial charge in [0.1, 0.15) is 24.4 Å². The SMILES string of the molecule is CC(=O)OC[C@@]12[C@@H]3[C@@H](CC[C@]1(O)C[C@@H](O[C@@H]1O[C@@H](C)[C@H](OC(C)=O)[C@@H](OC(C)=O)[C@H]1OC(C)=O)C[C@H]2OC(C)=O)[C@@]1(O)CC[C@H](C(=O)COC(=O)OC(C)(C)C)[C@@]1(C)C[C@H]3OC(C)=O. The van der Waals surface area contributed by atoms with Crippen molar-refractivity contribution in [2.24, 2.45) is 28.6 Å². The maximum Gasteiger partial charge on any atom is 0.509 e. The molecular weight excluding hydrogens is 848 g/mol. The quantitative estimate of drug-likeness (QED) is 0.162. The Labute approximate surface area is 371 Å². The highest BCUT2D eigenvalue weighted by molar-refractivity contribution is 5.85. The number of Topliss-reactive ketones (excluding diaryl/α,β-unsaturated/α-hetero) is 1. The van der Waals surface area contributed by atoms with Crippen molar-refractivity contribution in [2.45, 2.75) is 187 Å². The van der Waals surface area contributed by atoms with Gasteiger partial charge in [0.15, 0.2) is 37.0 Å². The molecule has 0 aromatic rings. The number of carbonyl (C=O) groups excluding carboxylic acids is 8. The number of hydrogen-bond acceptors (Lipinski definition) is 20. The molecular formula is C44H64O20. The van der Waals surface area contributed by atoms with Gasteiger partial charge < -0.3 is 57.6 Å². The van der Waals surface area contributed by atoms with Gasteiger partial charge in [-0.2, -0.15) is 0 Å². The van der Waals surface area contributed by atoms with Crippen LogP contribution in [0.3, 0.4) is 0 Å². The van der Waals surface area contributed by atoms with Crippen LogP contribution in [0.1, 0.15) is 121 Å². The van der Waals surface area contributed by atoms with E-state index in [-0.39, 0.29) is 44.9 Å². The monoisotopic (exact) mass is 912 g/mol. The van der Waals surface area contributed by atoms with Gasteiger partial charge in [-0.05, 0) is 65.7 Å². The molecule has 1 aliphatic heterocycles. The van der Waals surface area contributed by atoms with Crippen LogP contribution in [-0.2, 0) is 80.9 Å². The van der Waals surface area contributed by atoms with Crippen molar-refractivity contribution >= 4 is 47.8 Å². The van der Waals surface area contributed by atoms with Gasteiger partial charge in [-0.15, -0.1) is 0 Å². The van der Waals surface area contributed by atoms with Crippen molar-refractivity contribution < 1.29 is 95.9 Å². The van der Waals surface area contributed by atoms with E-state index in [9.17, 15) is 48.6 Å². The smallest absolute Gasteiger partial charge is 0.465 e. The van der Waals surface area contributed by atoms with Crippen LogP contribution < -0.4 is 0 Å². The Morgan fingerprint density at radius 1 is 0.703 bits per heavy atom. The largest absolute Gasteiger partial charge is 0.509 e. The van der Waals surface area contributed by atoms with Crippen molar-refractivity contribution in [3.8, 4) is 0 Å². The second-order valence-electron chi connectivity index (χ2n) is 19.3. The topological polar surface area (TPSA) is 269 Å². The lowest BCUT2D eigenvalue weighted by molar-refractivity contribution is -0.344. The summed E-state index contributed by atoms with van der Waals surface area (Å²) in [6, 6.07) is 0. The molecule has 0 radical (unpaired) electrons. The zero-order valence-electron chi connectivity index (χ0n) is 38.5. The molecule has 360 valence electrons. The molecule has 4 aliphatic carbocycles. The van der Waals surface area contributed by atoms with Crippen LogP contribution in [0, 0.1) is 28.6 Å². The van der Waals surface area contributed by atoms with Gasteiger partial charge in [0, 0.05) is 71.6 Å². The third kappa shape index (κ3) is 10.0. The van der Waals surface area contributed by atoms with Crippen LogP contribution >= 0.6 is 0 Å². The number of rotatable bonds is 12. The fourth-order valence-electron chi connectivity index (χ4n) is 11.7. The van der Waals surface area contributed by atoms with E-state index < -0.39 is 155 Å². The number of hydrogen-bond donors (Lipinski definition) is 2. The zero-order chi connectivity index (χ0) is 47.9. The third-order valence-corrected chi connectivity index (χ3v) is 13.8. The molecule has 0 spiro atoms. The Balaban J connectivity index is 1.57. The van der Waals surface area contributed by atoms with E-state index in [1.165, 1.54) is 13.8 Å². The van der Waals surface area contributed by atoms with E-state index in [1.54, 1.807) is 27.7 Å². The van der Waals surface area contributed by atoms with E-state index in [0.717, 1.165) is 34.6 Å². The minimum absolute atomic E-state index is 0.0767. The molecule has 0 bridgehead atoms. The van der Waals surface area contributed by atoms with Gasteiger partial charge in [0.05, 0.1) is 28.8 Å². The number of carbonyl (C=O) groups is 8. The van der Waals surface area contributed by atoms with Gasteiger partial charge in [0.25, 0.3) is 0 Å². The minimum Gasteiger partial charge on any atom is -0.465 e. The van der Waals surface area contributed by atoms with Crippen LogP contribution in [0.4, 0.5) is 4.79 Å². The first-order chi connectivity index (χ1) is 29.6. The highest BCUT2D eigenvalue weighted by Gasteiger charge is 2.77. The molecule has 0 aromatic carbocycles. The van der Waals surface area contributed by atoms with E-state index in [0.29, 0.717) is 0 Å². The van der Waals surface area contributed by atoms with Crippen molar-refractivity contribution in [2.75, 3.05) is 13.2 Å². The summed E-state index contributed by atoms with van der Waals surface area (Å²) in [5.41, 5.74) is -7.59. The lowest BCUT2D eigenvalue weighted by Gasteiger charge is -2.68. The number of fused-ring (bicyclic) bond motifs is 5. The summed E-state index contributed by atoms with van der Waals surface area (Å²) in [6.07, 6.45) is -11.7. The highest BCUT2D eigenvalue weighted by atomic mass is 16.7. The Bertz CT molecular complexity index is 1840. The Morgan fingerprint density at radius 2 is 1.28 bits per heavy atom. The van der Waals surface area contributed by atoms with Gasteiger partial charge in [-0.1, -0.05) is 6.92 Å². The number of aliphatic hydroxyl groups is 2. The fraction of sp³-hybridized carbons (Fsp3) is 0.818. The van der Waals surface area contributed by atoms with E-state index >= 15 is 0 Å². The molecule has 1 heterocycles. The molecule has 0 unspecified atom stereocenters.